The molecule has 0 heterocycles. The highest BCUT2D eigenvalue weighted by molar-refractivity contribution is 5.60. The Labute approximate surface area is 79.0 Å². The number of hydrogen-bond acceptors (Lipinski definition) is 2. The van der Waals surface area contributed by atoms with Crippen LogP contribution in [0.5, 0.6) is 5.75 Å². The lowest BCUT2D eigenvalue weighted by atomic mass is 10.2. The van der Waals surface area contributed by atoms with Gasteiger partial charge in [-0.05, 0) is 26.0 Å². The van der Waals surface area contributed by atoms with Gasteiger partial charge in [-0.25, -0.2) is 0 Å². The lowest BCUT2D eigenvalue weighted by molar-refractivity contribution is 0.242. The first-order valence-corrected chi connectivity index (χ1v) is 4.32. The van der Waals surface area contributed by atoms with E-state index in [0.717, 1.165) is 11.3 Å². The fraction of sp³-hybridized carbons (Fsp3) is 0.273. The predicted octanol–water partition coefficient (Wildman–Crippen LogP) is 2.70. The minimum absolute atomic E-state index is 0.153. The van der Waals surface area contributed by atoms with Gasteiger partial charge in [0.1, 0.15) is 5.75 Å². The predicted molar refractivity (Wildman–Crippen MR) is 56.7 cm³/mol. The van der Waals surface area contributed by atoms with Crippen LogP contribution in [0.25, 0.3) is 6.08 Å². The highest BCUT2D eigenvalue weighted by Gasteiger charge is 2.02. The summed E-state index contributed by atoms with van der Waals surface area (Å²) in [6.07, 6.45) is 1.91. The summed E-state index contributed by atoms with van der Waals surface area (Å²) in [6, 6.07) is 5.56. The molecule has 1 aromatic carbocycles. The summed E-state index contributed by atoms with van der Waals surface area (Å²) in [4.78, 5) is 0. The first-order valence-electron chi connectivity index (χ1n) is 4.32. The van der Waals surface area contributed by atoms with Crippen LogP contribution in [0, 0.1) is 0 Å². The number of nitrogens with two attached hydrogens (primary N) is 1. The molecular formula is C11H15NO. The molecule has 0 bridgehead atoms. The molecule has 0 radical (unpaired) electrons. The summed E-state index contributed by atoms with van der Waals surface area (Å²) < 4.78 is 5.57. The molecule has 2 heteroatoms. The SMILES string of the molecule is C=Cc1ccc(N)cc1OC(C)C. The topological polar surface area (TPSA) is 35.2 Å². The number of hydrogen-bond donors (Lipinski definition) is 1. The highest BCUT2D eigenvalue weighted by atomic mass is 16.5. The Kier molecular flexibility index (Phi) is 2.96. The van der Waals surface area contributed by atoms with Gasteiger partial charge < -0.3 is 10.5 Å². The van der Waals surface area contributed by atoms with Gasteiger partial charge in [0.05, 0.1) is 6.10 Å². The van der Waals surface area contributed by atoms with Crippen LogP contribution in [0.1, 0.15) is 19.4 Å². The van der Waals surface area contributed by atoms with Crippen molar-refractivity contribution in [2.24, 2.45) is 0 Å². The molecule has 0 spiro atoms. The van der Waals surface area contributed by atoms with Crippen molar-refractivity contribution in [3.8, 4) is 5.75 Å². The van der Waals surface area contributed by atoms with Crippen molar-refractivity contribution in [2.75, 3.05) is 5.73 Å². The van der Waals surface area contributed by atoms with E-state index < -0.39 is 0 Å². The zero-order valence-corrected chi connectivity index (χ0v) is 8.08. The van der Waals surface area contributed by atoms with E-state index in [1.807, 2.05) is 32.0 Å². The number of anilines is 1. The van der Waals surface area contributed by atoms with Gasteiger partial charge in [-0.15, -0.1) is 0 Å². The van der Waals surface area contributed by atoms with Crippen molar-refractivity contribution in [2.45, 2.75) is 20.0 Å². The third kappa shape index (κ3) is 2.51. The number of rotatable bonds is 3. The largest absolute Gasteiger partial charge is 0.490 e. The Morgan fingerprint density at radius 2 is 2.15 bits per heavy atom. The van der Waals surface area contributed by atoms with E-state index in [1.165, 1.54) is 0 Å². The lowest BCUT2D eigenvalue weighted by Crippen LogP contribution is -2.06. The average molecular weight is 177 g/mol. The van der Waals surface area contributed by atoms with Gasteiger partial charge >= 0.3 is 0 Å². The Bertz CT molecular complexity index is 305. The molecule has 0 aliphatic carbocycles. The number of nitrogen functional groups attached to an aromatic ring is 1. The summed E-state index contributed by atoms with van der Waals surface area (Å²) in [5.41, 5.74) is 7.33. The molecule has 0 aromatic heterocycles. The van der Waals surface area contributed by atoms with E-state index in [-0.39, 0.29) is 6.10 Å². The third-order valence-corrected chi connectivity index (χ3v) is 1.62. The van der Waals surface area contributed by atoms with Gasteiger partial charge in [-0.3, -0.25) is 0 Å². The maximum atomic E-state index is 5.64. The van der Waals surface area contributed by atoms with Crippen LogP contribution in [0.3, 0.4) is 0 Å². The molecule has 0 fully saturated rings. The monoisotopic (exact) mass is 177 g/mol. The molecule has 70 valence electrons. The Morgan fingerprint density at radius 1 is 1.46 bits per heavy atom. The second kappa shape index (κ2) is 3.99. The minimum atomic E-state index is 0.153. The van der Waals surface area contributed by atoms with Gasteiger partial charge in [0.2, 0.25) is 0 Å². The molecule has 2 N–H and O–H groups in total. The number of benzene rings is 1. The highest BCUT2D eigenvalue weighted by Crippen LogP contribution is 2.23. The quantitative estimate of drug-likeness (QED) is 0.720. The molecule has 0 amide bonds. The Hall–Kier alpha value is -1.44. The Morgan fingerprint density at radius 3 is 2.69 bits per heavy atom. The van der Waals surface area contributed by atoms with Crippen LogP contribution in [0.15, 0.2) is 24.8 Å². The first-order chi connectivity index (χ1) is 6.13. The van der Waals surface area contributed by atoms with Crippen molar-refractivity contribution in [1.82, 2.24) is 0 Å². The van der Waals surface area contributed by atoms with Crippen molar-refractivity contribution in [3.63, 3.8) is 0 Å². The smallest absolute Gasteiger partial charge is 0.128 e. The van der Waals surface area contributed by atoms with E-state index in [1.54, 1.807) is 6.08 Å². The molecule has 1 rings (SSSR count). The second-order valence-corrected chi connectivity index (χ2v) is 3.17. The molecule has 0 saturated heterocycles. The van der Waals surface area contributed by atoms with Crippen molar-refractivity contribution < 1.29 is 4.74 Å². The van der Waals surface area contributed by atoms with Crippen LogP contribution in [-0.2, 0) is 0 Å². The minimum Gasteiger partial charge on any atom is -0.490 e. The molecular weight excluding hydrogens is 162 g/mol. The van der Waals surface area contributed by atoms with Crippen LogP contribution in [0.2, 0.25) is 0 Å². The van der Waals surface area contributed by atoms with E-state index in [0.29, 0.717) is 5.69 Å². The fourth-order valence-electron chi connectivity index (χ4n) is 1.08. The Balaban J connectivity index is 3.01. The van der Waals surface area contributed by atoms with Gasteiger partial charge in [-0.2, -0.15) is 0 Å². The molecule has 0 atom stereocenters. The second-order valence-electron chi connectivity index (χ2n) is 3.17. The van der Waals surface area contributed by atoms with E-state index in [9.17, 15) is 0 Å². The molecule has 1 aromatic rings. The molecule has 2 nitrogen and oxygen atoms in total. The number of ether oxygens (including phenoxy) is 1. The van der Waals surface area contributed by atoms with Crippen LogP contribution < -0.4 is 10.5 Å². The summed E-state index contributed by atoms with van der Waals surface area (Å²) in [6.45, 7) is 7.67. The average Bonchev–Trinajstić information content (AvgIpc) is 2.03. The van der Waals surface area contributed by atoms with E-state index in [4.69, 9.17) is 10.5 Å². The van der Waals surface area contributed by atoms with Gasteiger partial charge in [0, 0.05) is 17.3 Å². The zero-order valence-electron chi connectivity index (χ0n) is 8.08. The molecule has 0 aliphatic rings. The van der Waals surface area contributed by atoms with Gasteiger partial charge in [-0.1, -0.05) is 12.7 Å². The van der Waals surface area contributed by atoms with E-state index >= 15 is 0 Å². The van der Waals surface area contributed by atoms with Crippen molar-refractivity contribution in [3.05, 3.63) is 30.3 Å². The summed E-state index contributed by atoms with van der Waals surface area (Å²) >= 11 is 0. The third-order valence-electron chi connectivity index (χ3n) is 1.62. The zero-order chi connectivity index (χ0) is 9.84. The summed E-state index contributed by atoms with van der Waals surface area (Å²) in [7, 11) is 0. The van der Waals surface area contributed by atoms with Crippen molar-refractivity contribution >= 4 is 11.8 Å². The molecule has 0 saturated carbocycles. The van der Waals surface area contributed by atoms with E-state index in [2.05, 4.69) is 6.58 Å². The fourth-order valence-corrected chi connectivity index (χ4v) is 1.08. The standard InChI is InChI=1S/C11H15NO/c1-4-9-5-6-10(12)7-11(9)13-8(2)3/h4-8H,1,12H2,2-3H3. The van der Waals surface area contributed by atoms with Crippen LogP contribution >= 0.6 is 0 Å². The van der Waals surface area contributed by atoms with Crippen molar-refractivity contribution in [1.29, 1.82) is 0 Å². The molecule has 0 unspecified atom stereocenters. The van der Waals surface area contributed by atoms with Gasteiger partial charge in [0.25, 0.3) is 0 Å². The summed E-state index contributed by atoms with van der Waals surface area (Å²) in [5.74, 6) is 0.796. The maximum Gasteiger partial charge on any atom is 0.128 e. The van der Waals surface area contributed by atoms with Crippen LogP contribution in [0.4, 0.5) is 5.69 Å². The lowest BCUT2D eigenvalue weighted by Gasteiger charge is -2.12. The summed E-state index contributed by atoms with van der Waals surface area (Å²) in [5, 5.41) is 0. The maximum absolute atomic E-state index is 5.64. The van der Waals surface area contributed by atoms with Crippen LogP contribution in [-0.4, -0.2) is 6.10 Å². The van der Waals surface area contributed by atoms with Gasteiger partial charge in [0.15, 0.2) is 0 Å². The normalized spacial score (nSPS) is 10.1. The molecule has 13 heavy (non-hydrogen) atoms. The molecule has 0 aliphatic heterocycles. The first kappa shape index (κ1) is 9.65.